The van der Waals surface area contributed by atoms with Gasteiger partial charge in [-0.05, 0) is 0 Å². The Labute approximate surface area is 95.1 Å². The summed E-state index contributed by atoms with van der Waals surface area (Å²) >= 11 is 0. The normalized spacial score (nSPS) is 14.6. The first kappa shape index (κ1) is 13.4. The first-order valence-electron chi connectivity index (χ1n) is 4.97. The van der Waals surface area contributed by atoms with E-state index < -0.39 is 7.94 Å². The van der Waals surface area contributed by atoms with Gasteiger partial charge in [0.05, 0.1) is 0 Å². The Kier molecular flexibility index (Phi) is 4.65. The molecule has 1 unspecified atom stereocenters. The Morgan fingerprint density at radius 2 is 1.81 bits per heavy atom. The molecular weight excluding hydrogens is 229 g/mol. The fourth-order valence-electron chi connectivity index (χ4n) is 1.54. The number of methoxy groups -OCH3 is 1. The van der Waals surface area contributed by atoms with Crippen molar-refractivity contribution >= 4 is 7.94 Å². The second kappa shape index (κ2) is 5.57. The summed E-state index contributed by atoms with van der Waals surface area (Å²) in [5.74, 6) is 0.470. The number of hydrogen-bond acceptors (Lipinski definition) is 5. The Balaban J connectivity index is 2.79. The molecule has 5 N–H and O–H groups in total. The van der Waals surface area contributed by atoms with Crippen molar-refractivity contribution < 1.29 is 19.4 Å². The number of benzene rings is 1. The second-order valence-electron chi connectivity index (χ2n) is 3.68. The van der Waals surface area contributed by atoms with Crippen molar-refractivity contribution in [1.29, 1.82) is 0 Å². The Morgan fingerprint density at radius 3 is 2.19 bits per heavy atom. The van der Waals surface area contributed by atoms with Crippen LogP contribution in [0.25, 0.3) is 0 Å². The zero-order valence-electron chi connectivity index (χ0n) is 9.13. The molecule has 0 amide bonds. The zero-order valence-corrected chi connectivity index (χ0v) is 10.1. The molecule has 0 fully saturated rings. The molecule has 0 radical (unpaired) electrons. The van der Waals surface area contributed by atoms with E-state index >= 15 is 0 Å². The molecule has 0 aliphatic carbocycles. The van der Waals surface area contributed by atoms with Gasteiger partial charge < -0.3 is 0 Å². The number of nitrogens with two attached hydrogens (primary N) is 1. The molecule has 0 saturated heterocycles. The average molecular weight is 247 g/mol. The average Bonchev–Trinajstić information content (AvgIpc) is 2.25. The maximum absolute atomic E-state index is 9.05. The molecule has 0 aliphatic heterocycles. The monoisotopic (exact) mass is 247 g/mol. The molecule has 0 saturated carbocycles. The van der Waals surface area contributed by atoms with E-state index in [1.54, 1.807) is 31.4 Å². The van der Waals surface area contributed by atoms with E-state index in [9.17, 15) is 0 Å². The Hall–Kier alpha value is -0.710. The van der Waals surface area contributed by atoms with E-state index in [1.165, 1.54) is 0 Å². The summed E-state index contributed by atoms with van der Waals surface area (Å²) in [6.07, 6.45) is -0.0875. The maximum atomic E-state index is 9.05. The van der Waals surface area contributed by atoms with Gasteiger partial charge in [-0.3, -0.25) is 0 Å². The SMILES string of the molecule is COc1ccc(C(CN)C[PH](O)(O)O)cc1. The third-order valence-electron chi connectivity index (χ3n) is 2.39. The van der Waals surface area contributed by atoms with Crippen molar-refractivity contribution in [3.8, 4) is 5.75 Å². The first-order valence-corrected chi connectivity index (χ1v) is 7.02. The van der Waals surface area contributed by atoms with Crippen LogP contribution in [0, 0.1) is 0 Å². The van der Waals surface area contributed by atoms with Crippen LogP contribution in [-0.4, -0.2) is 34.5 Å². The summed E-state index contributed by atoms with van der Waals surface area (Å²) in [6, 6.07) is 7.15. The molecule has 0 bridgehead atoms. The molecule has 0 aliphatic rings. The van der Waals surface area contributed by atoms with E-state index in [0.717, 1.165) is 11.3 Å². The van der Waals surface area contributed by atoms with Crippen molar-refractivity contribution in [1.82, 2.24) is 0 Å². The molecule has 5 nitrogen and oxygen atoms in total. The topological polar surface area (TPSA) is 95.9 Å². The molecular formula is C10H18NO4P. The van der Waals surface area contributed by atoms with Crippen LogP contribution in [-0.2, 0) is 0 Å². The predicted octanol–water partition coefficient (Wildman–Crippen LogP) is 0.209. The van der Waals surface area contributed by atoms with Crippen LogP contribution in [0.15, 0.2) is 24.3 Å². The van der Waals surface area contributed by atoms with Gasteiger partial charge in [0.1, 0.15) is 0 Å². The number of ether oxygens (including phenoxy) is 1. The van der Waals surface area contributed by atoms with Crippen LogP contribution in [0.2, 0.25) is 0 Å². The summed E-state index contributed by atoms with van der Waals surface area (Å²) in [6.45, 7) is 0.253. The van der Waals surface area contributed by atoms with Crippen LogP contribution in [0.4, 0.5) is 0 Å². The van der Waals surface area contributed by atoms with E-state index in [1.807, 2.05) is 0 Å². The standard InChI is InChI=1S/C10H18NO4P/c1-15-10-4-2-8(3-5-10)9(6-11)7-16(12,13)14/h2-5,9,12-14,16H,6-7,11H2,1H3. The van der Waals surface area contributed by atoms with Gasteiger partial charge in [0.15, 0.2) is 0 Å². The van der Waals surface area contributed by atoms with E-state index in [-0.39, 0.29) is 18.6 Å². The second-order valence-corrected chi connectivity index (χ2v) is 5.64. The summed E-state index contributed by atoms with van der Waals surface area (Å²) in [7, 11) is -2.49. The summed E-state index contributed by atoms with van der Waals surface area (Å²) in [5, 5.41) is 0. The minimum atomic E-state index is -4.06. The fraction of sp³-hybridized carbons (Fsp3) is 0.400. The predicted molar refractivity (Wildman–Crippen MR) is 64.6 cm³/mol. The van der Waals surface area contributed by atoms with Crippen LogP contribution in [0.3, 0.4) is 0 Å². The first-order chi connectivity index (χ1) is 7.46. The molecule has 16 heavy (non-hydrogen) atoms. The van der Waals surface area contributed by atoms with Crippen molar-refractivity contribution in [2.45, 2.75) is 5.92 Å². The van der Waals surface area contributed by atoms with E-state index in [2.05, 4.69) is 0 Å². The van der Waals surface area contributed by atoms with Gasteiger partial charge in [0, 0.05) is 0 Å². The van der Waals surface area contributed by atoms with E-state index in [4.69, 9.17) is 25.2 Å². The molecule has 6 heteroatoms. The molecule has 1 aromatic rings. The molecule has 1 rings (SSSR count). The van der Waals surface area contributed by atoms with Crippen LogP contribution < -0.4 is 10.5 Å². The van der Waals surface area contributed by atoms with Crippen LogP contribution in [0.5, 0.6) is 5.75 Å². The van der Waals surface area contributed by atoms with Crippen molar-refractivity contribution in [2.24, 2.45) is 5.73 Å². The van der Waals surface area contributed by atoms with Crippen molar-refractivity contribution in [3.05, 3.63) is 29.8 Å². The van der Waals surface area contributed by atoms with Crippen LogP contribution in [0.1, 0.15) is 11.5 Å². The van der Waals surface area contributed by atoms with Gasteiger partial charge >= 0.3 is 94.4 Å². The fourth-order valence-corrected chi connectivity index (χ4v) is 2.61. The quantitative estimate of drug-likeness (QED) is 0.558. The van der Waals surface area contributed by atoms with Gasteiger partial charge in [0.2, 0.25) is 0 Å². The van der Waals surface area contributed by atoms with Gasteiger partial charge in [-0.1, -0.05) is 0 Å². The zero-order chi connectivity index (χ0) is 12.2. The van der Waals surface area contributed by atoms with Crippen LogP contribution >= 0.6 is 7.94 Å². The molecule has 92 valence electrons. The van der Waals surface area contributed by atoms with Crippen molar-refractivity contribution in [2.75, 3.05) is 19.8 Å². The van der Waals surface area contributed by atoms with Gasteiger partial charge in [-0.15, -0.1) is 0 Å². The summed E-state index contributed by atoms with van der Waals surface area (Å²) < 4.78 is 5.01. The molecule has 0 spiro atoms. The summed E-state index contributed by atoms with van der Waals surface area (Å²) in [4.78, 5) is 27.2. The third-order valence-corrected chi connectivity index (χ3v) is 3.43. The van der Waals surface area contributed by atoms with Gasteiger partial charge in [-0.25, -0.2) is 0 Å². The van der Waals surface area contributed by atoms with Crippen molar-refractivity contribution in [3.63, 3.8) is 0 Å². The van der Waals surface area contributed by atoms with E-state index in [0.29, 0.717) is 0 Å². The van der Waals surface area contributed by atoms with Gasteiger partial charge in [-0.2, -0.15) is 0 Å². The minimum absolute atomic E-state index is 0.0875. The Morgan fingerprint density at radius 1 is 1.25 bits per heavy atom. The summed E-state index contributed by atoms with van der Waals surface area (Å²) in [5.41, 5.74) is 6.40. The molecule has 1 aromatic carbocycles. The molecule has 1 atom stereocenters. The third kappa shape index (κ3) is 4.04. The van der Waals surface area contributed by atoms with Gasteiger partial charge in [0.25, 0.3) is 0 Å². The molecule has 0 heterocycles. The number of rotatable bonds is 5. The number of hydrogen-bond donors (Lipinski definition) is 4. The Bertz CT molecular complexity index is 323. The molecule has 0 aromatic heterocycles.